The Morgan fingerprint density at radius 1 is 1.17 bits per heavy atom. The van der Waals surface area contributed by atoms with Crippen molar-refractivity contribution in [2.24, 2.45) is 4.99 Å². The molecule has 0 saturated heterocycles. The van der Waals surface area contributed by atoms with Gasteiger partial charge in [0.15, 0.2) is 5.58 Å². The van der Waals surface area contributed by atoms with E-state index in [2.05, 4.69) is 9.98 Å². The number of methoxy groups -OCH3 is 1. The fraction of sp³-hybridized carbons (Fsp3) is 0.0909. The Morgan fingerprint density at radius 2 is 1.97 bits per heavy atom. The maximum absolute atomic E-state index is 12.4. The predicted octanol–water partition coefficient (Wildman–Crippen LogP) is 4.54. The van der Waals surface area contributed by atoms with Crippen LogP contribution in [0.1, 0.15) is 11.1 Å². The van der Waals surface area contributed by atoms with E-state index in [1.165, 1.54) is 19.4 Å². The van der Waals surface area contributed by atoms with E-state index >= 15 is 0 Å². The average Bonchev–Trinajstić information content (AvgIpc) is 3.17. The highest BCUT2D eigenvalue weighted by Crippen LogP contribution is 2.34. The number of fused-ring (bicyclic) bond motifs is 1. The Bertz CT molecular complexity index is 1260. The molecule has 0 amide bonds. The lowest BCUT2D eigenvalue weighted by atomic mass is 10.1. The number of nitro benzene ring substituents is 1. The maximum atomic E-state index is 12.4. The second-order valence-electron chi connectivity index (χ2n) is 6.52. The van der Waals surface area contributed by atoms with Gasteiger partial charge in [0.2, 0.25) is 5.89 Å². The largest absolute Gasteiger partial charge is 0.870 e. The molecule has 8 nitrogen and oxygen atoms in total. The second-order valence-corrected chi connectivity index (χ2v) is 6.52. The standard InChI is InChI=1S/C22H17N3O5/c1-13-16(22-24-18-7-3-4-9-19(18)30-22)6-5-8-17(13)23-12-14-10-15(25(27)28)11-20(29-2)21(14)26/h3-12,26H,1-2H3/p-1. The minimum Gasteiger partial charge on any atom is -0.870 e. The lowest BCUT2D eigenvalue weighted by Crippen LogP contribution is -2.02. The number of benzene rings is 3. The van der Waals surface area contributed by atoms with Gasteiger partial charge >= 0.3 is 0 Å². The minimum absolute atomic E-state index is 0.0627. The molecule has 4 rings (SSSR count). The molecular weight excluding hydrogens is 386 g/mol. The van der Waals surface area contributed by atoms with Crippen LogP contribution in [0, 0.1) is 17.0 Å². The number of hydrogen-bond acceptors (Lipinski definition) is 7. The third-order valence-corrected chi connectivity index (χ3v) is 4.67. The van der Waals surface area contributed by atoms with Crippen LogP contribution >= 0.6 is 0 Å². The summed E-state index contributed by atoms with van der Waals surface area (Å²) in [5.41, 5.74) is 3.39. The average molecular weight is 402 g/mol. The Morgan fingerprint density at radius 3 is 2.70 bits per heavy atom. The molecule has 3 aromatic carbocycles. The molecule has 0 aliphatic carbocycles. The Balaban J connectivity index is 1.74. The highest BCUT2D eigenvalue weighted by molar-refractivity contribution is 5.88. The SMILES string of the molecule is COc1cc([N+](=O)[O-])cc(C=Nc2cccc(-c3nc4ccccc4o3)c2C)c1[O-]. The van der Waals surface area contributed by atoms with Crippen LogP contribution in [0.4, 0.5) is 11.4 Å². The van der Waals surface area contributed by atoms with Crippen LogP contribution in [0.15, 0.2) is 64.0 Å². The van der Waals surface area contributed by atoms with Gasteiger partial charge in [0.1, 0.15) is 11.3 Å². The van der Waals surface area contributed by atoms with Gasteiger partial charge in [-0.3, -0.25) is 15.1 Å². The Kier molecular flexibility index (Phi) is 4.89. The summed E-state index contributed by atoms with van der Waals surface area (Å²) in [4.78, 5) is 19.4. The topological polar surface area (TPSA) is 114 Å². The number of oxazole rings is 1. The van der Waals surface area contributed by atoms with Gasteiger partial charge in [-0.2, -0.15) is 0 Å². The van der Waals surface area contributed by atoms with E-state index in [4.69, 9.17) is 9.15 Å². The third kappa shape index (κ3) is 3.46. The van der Waals surface area contributed by atoms with E-state index in [0.29, 0.717) is 17.2 Å². The van der Waals surface area contributed by atoms with Crippen LogP contribution in [-0.2, 0) is 0 Å². The molecule has 1 heterocycles. The number of nitro groups is 1. The highest BCUT2D eigenvalue weighted by atomic mass is 16.6. The lowest BCUT2D eigenvalue weighted by molar-refractivity contribution is -0.385. The van der Waals surface area contributed by atoms with E-state index in [1.807, 2.05) is 37.3 Å². The lowest BCUT2D eigenvalue weighted by Gasteiger charge is -2.15. The van der Waals surface area contributed by atoms with Crippen molar-refractivity contribution < 1.29 is 19.2 Å². The van der Waals surface area contributed by atoms with Crippen LogP contribution in [0.5, 0.6) is 11.5 Å². The molecule has 0 bridgehead atoms. The number of hydrogen-bond donors (Lipinski definition) is 0. The summed E-state index contributed by atoms with van der Waals surface area (Å²) in [5, 5.41) is 23.5. The zero-order valence-corrected chi connectivity index (χ0v) is 16.2. The van der Waals surface area contributed by atoms with E-state index in [0.717, 1.165) is 22.7 Å². The highest BCUT2D eigenvalue weighted by Gasteiger charge is 2.13. The van der Waals surface area contributed by atoms with Gasteiger partial charge in [0.05, 0.1) is 23.8 Å². The van der Waals surface area contributed by atoms with Gasteiger partial charge in [0.25, 0.3) is 5.69 Å². The van der Waals surface area contributed by atoms with E-state index in [1.54, 1.807) is 12.1 Å². The third-order valence-electron chi connectivity index (χ3n) is 4.67. The summed E-state index contributed by atoms with van der Waals surface area (Å²) in [5.74, 6) is -0.116. The number of aliphatic imine (C=N–C) groups is 1. The molecule has 4 aromatic rings. The summed E-state index contributed by atoms with van der Waals surface area (Å²) in [6.45, 7) is 1.86. The van der Waals surface area contributed by atoms with Gasteiger partial charge in [0, 0.05) is 17.8 Å². The van der Waals surface area contributed by atoms with Gasteiger partial charge < -0.3 is 14.3 Å². The quantitative estimate of drug-likeness (QED) is 0.275. The zero-order valence-electron chi connectivity index (χ0n) is 16.2. The molecule has 1 aromatic heterocycles. The van der Waals surface area contributed by atoms with E-state index in [9.17, 15) is 15.2 Å². The van der Waals surface area contributed by atoms with Gasteiger partial charge in [-0.25, -0.2) is 4.98 Å². The Hall–Kier alpha value is -4.20. The van der Waals surface area contributed by atoms with Gasteiger partial charge in [-0.15, -0.1) is 0 Å². The summed E-state index contributed by atoms with van der Waals surface area (Å²) < 4.78 is 10.8. The van der Waals surface area contributed by atoms with Crippen molar-refractivity contribution in [1.29, 1.82) is 0 Å². The zero-order chi connectivity index (χ0) is 21.3. The van der Waals surface area contributed by atoms with Crippen molar-refractivity contribution in [2.45, 2.75) is 6.92 Å². The number of para-hydroxylation sites is 2. The van der Waals surface area contributed by atoms with Crippen LogP contribution in [0.2, 0.25) is 0 Å². The van der Waals surface area contributed by atoms with E-state index in [-0.39, 0.29) is 17.0 Å². The van der Waals surface area contributed by atoms with Crippen molar-refractivity contribution in [2.75, 3.05) is 7.11 Å². The molecule has 0 saturated carbocycles. The molecule has 0 unspecified atom stereocenters. The number of non-ortho nitro benzene ring substituents is 1. The van der Waals surface area contributed by atoms with Crippen LogP contribution in [0.25, 0.3) is 22.6 Å². The number of rotatable bonds is 5. The first-order valence-electron chi connectivity index (χ1n) is 9.01. The van der Waals surface area contributed by atoms with Gasteiger partial charge in [-0.05, 0) is 42.3 Å². The maximum Gasteiger partial charge on any atom is 0.273 e. The van der Waals surface area contributed by atoms with Gasteiger partial charge in [-0.1, -0.05) is 23.9 Å². The number of nitrogens with zero attached hydrogens (tertiary/aromatic N) is 3. The molecule has 0 fully saturated rings. The molecule has 0 spiro atoms. The van der Waals surface area contributed by atoms with E-state index < -0.39 is 10.7 Å². The number of ether oxygens (including phenoxy) is 1. The monoisotopic (exact) mass is 402 g/mol. The molecule has 0 aliphatic heterocycles. The number of aromatic nitrogens is 1. The van der Waals surface area contributed by atoms with Crippen molar-refractivity contribution in [3.8, 4) is 23.0 Å². The molecule has 0 aliphatic rings. The predicted molar refractivity (Wildman–Crippen MR) is 111 cm³/mol. The summed E-state index contributed by atoms with van der Waals surface area (Å²) in [7, 11) is 1.29. The molecule has 0 atom stereocenters. The van der Waals surface area contributed by atoms with Crippen LogP contribution in [-0.4, -0.2) is 23.2 Å². The first kappa shape index (κ1) is 19.1. The first-order chi connectivity index (χ1) is 14.5. The van der Waals surface area contributed by atoms with Crippen molar-refractivity contribution in [3.05, 3.63) is 75.8 Å². The molecule has 0 radical (unpaired) electrons. The van der Waals surface area contributed by atoms with Crippen molar-refractivity contribution >= 4 is 28.7 Å². The molecule has 30 heavy (non-hydrogen) atoms. The van der Waals surface area contributed by atoms with Crippen molar-refractivity contribution in [1.82, 2.24) is 4.98 Å². The molecule has 8 heteroatoms. The van der Waals surface area contributed by atoms with Crippen LogP contribution in [0.3, 0.4) is 0 Å². The fourth-order valence-corrected chi connectivity index (χ4v) is 3.08. The van der Waals surface area contributed by atoms with Crippen LogP contribution < -0.4 is 9.84 Å². The molecule has 0 N–H and O–H groups in total. The Labute approximate surface area is 171 Å². The fourth-order valence-electron chi connectivity index (χ4n) is 3.08. The molecular formula is C22H16N3O5-. The smallest absolute Gasteiger partial charge is 0.273 e. The first-order valence-corrected chi connectivity index (χ1v) is 9.01. The van der Waals surface area contributed by atoms with Crippen molar-refractivity contribution in [3.63, 3.8) is 0 Å². The second kappa shape index (κ2) is 7.67. The normalized spacial score (nSPS) is 11.3. The summed E-state index contributed by atoms with van der Waals surface area (Å²) in [6.07, 6.45) is 1.30. The summed E-state index contributed by atoms with van der Waals surface area (Å²) in [6, 6.07) is 15.2. The summed E-state index contributed by atoms with van der Waals surface area (Å²) >= 11 is 0. The molecule has 150 valence electrons. The minimum atomic E-state index is -0.585.